The van der Waals surface area contributed by atoms with Crippen LogP contribution >= 0.6 is 0 Å². The highest BCUT2D eigenvalue weighted by atomic mass is 16.5. The van der Waals surface area contributed by atoms with Gasteiger partial charge in [-0.05, 0) is 32.7 Å². The lowest BCUT2D eigenvalue weighted by atomic mass is 9.83. The Morgan fingerprint density at radius 2 is 2.27 bits per heavy atom. The maximum Gasteiger partial charge on any atom is 0.222 e. The molecule has 6 heteroatoms. The van der Waals surface area contributed by atoms with E-state index in [9.17, 15) is 4.79 Å². The zero-order valence-electron chi connectivity index (χ0n) is 13.6. The maximum atomic E-state index is 11.6. The third kappa shape index (κ3) is 3.03. The Hall–Kier alpha value is -1.40. The van der Waals surface area contributed by atoms with Crippen LogP contribution in [0.2, 0.25) is 0 Å². The average Bonchev–Trinajstić information content (AvgIpc) is 3.05. The smallest absolute Gasteiger partial charge is 0.222 e. The molecule has 2 saturated heterocycles. The third-order valence-corrected chi connectivity index (χ3v) is 5.11. The van der Waals surface area contributed by atoms with Crippen molar-refractivity contribution in [1.82, 2.24) is 15.4 Å². The summed E-state index contributed by atoms with van der Waals surface area (Å²) in [4.78, 5) is 14.0. The topological polar surface area (TPSA) is 67.6 Å². The van der Waals surface area contributed by atoms with E-state index in [0.29, 0.717) is 18.3 Å². The van der Waals surface area contributed by atoms with E-state index in [2.05, 4.69) is 15.4 Å². The average molecular weight is 307 g/mol. The molecule has 1 N–H and O–H groups in total. The molecule has 0 aliphatic carbocycles. The lowest BCUT2D eigenvalue weighted by Gasteiger charge is -2.35. The molecular weight excluding hydrogens is 282 g/mol. The molecule has 0 bridgehead atoms. The number of carbonyl (C=O) groups excluding carboxylic acids is 1. The first-order valence-electron chi connectivity index (χ1n) is 8.04. The summed E-state index contributed by atoms with van der Waals surface area (Å²) in [5.74, 6) is 2.03. The minimum absolute atomic E-state index is 0.0730. The molecule has 2 aliphatic rings. The van der Waals surface area contributed by atoms with Crippen molar-refractivity contribution in [1.29, 1.82) is 0 Å². The number of ether oxygens (including phenoxy) is 1. The number of hydrogen-bond acceptors (Lipinski definition) is 5. The molecular formula is C16H25N3O3. The third-order valence-electron chi connectivity index (χ3n) is 5.11. The van der Waals surface area contributed by atoms with E-state index >= 15 is 0 Å². The Morgan fingerprint density at radius 1 is 1.45 bits per heavy atom. The van der Waals surface area contributed by atoms with Crippen LogP contribution in [0.1, 0.15) is 29.9 Å². The van der Waals surface area contributed by atoms with Gasteiger partial charge in [0.25, 0.3) is 0 Å². The Labute approximate surface area is 131 Å². The minimum Gasteiger partial charge on any atom is -0.377 e. The van der Waals surface area contributed by atoms with E-state index in [-0.39, 0.29) is 12.0 Å². The van der Waals surface area contributed by atoms with E-state index in [4.69, 9.17) is 9.26 Å². The summed E-state index contributed by atoms with van der Waals surface area (Å²) in [7, 11) is 1.68. The van der Waals surface area contributed by atoms with Gasteiger partial charge < -0.3 is 14.6 Å². The molecule has 3 atom stereocenters. The van der Waals surface area contributed by atoms with Crippen molar-refractivity contribution < 1.29 is 14.1 Å². The van der Waals surface area contributed by atoms with E-state index < -0.39 is 0 Å². The molecule has 22 heavy (non-hydrogen) atoms. The largest absolute Gasteiger partial charge is 0.377 e. The lowest BCUT2D eigenvalue weighted by Crippen LogP contribution is -2.41. The highest BCUT2D eigenvalue weighted by molar-refractivity contribution is 5.76. The van der Waals surface area contributed by atoms with Crippen LogP contribution in [0.15, 0.2) is 4.52 Å². The van der Waals surface area contributed by atoms with Gasteiger partial charge in [-0.2, -0.15) is 0 Å². The van der Waals surface area contributed by atoms with Crippen molar-refractivity contribution >= 4 is 5.91 Å². The normalized spacial score (nSPS) is 28.6. The number of aromatic nitrogens is 1. The van der Waals surface area contributed by atoms with Crippen LogP contribution in [-0.2, 0) is 16.1 Å². The van der Waals surface area contributed by atoms with Crippen LogP contribution < -0.4 is 5.32 Å². The van der Waals surface area contributed by atoms with Gasteiger partial charge in [0.05, 0.1) is 24.8 Å². The van der Waals surface area contributed by atoms with Crippen LogP contribution in [0.25, 0.3) is 0 Å². The highest BCUT2D eigenvalue weighted by Gasteiger charge is 2.41. The number of fused-ring (bicyclic) bond motifs is 1. The van der Waals surface area contributed by atoms with Gasteiger partial charge in [0.2, 0.25) is 5.91 Å². The van der Waals surface area contributed by atoms with Gasteiger partial charge in [0.15, 0.2) is 0 Å². The van der Waals surface area contributed by atoms with Crippen molar-refractivity contribution in [3.8, 4) is 0 Å². The standard InChI is InChI=1S/C16H25N3O3/c1-10-14(11(2)22-18-10)8-19-5-4-13-12(7-19)9-21-15(13)6-16(20)17-3/h12-13,15H,4-9H2,1-3H3,(H,17,20)/t12-,13-,15+/m1/s1. The molecule has 0 aromatic carbocycles. The second-order valence-electron chi connectivity index (χ2n) is 6.50. The number of hydrogen-bond donors (Lipinski definition) is 1. The molecule has 122 valence electrons. The Balaban J connectivity index is 1.58. The van der Waals surface area contributed by atoms with Crippen LogP contribution in [0.4, 0.5) is 0 Å². The number of carbonyl (C=O) groups is 1. The number of piperidine rings is 1. The fraction of sp³-hybridized carbons (Fsp3) is 0.750. The summed E-state index contributed by atoms with van der Waals surface area (Å²) in [6.45, 7) is 7.70. The first-order valence-corrected chi connectivity index (χ1v) is 8.04. The highest BCUT2D eigenvalue weighted by Crippen LogP contribution is 2.36. The Morgan fingerprint density at radius 3 is 2.95 bits per heavy atom. The molecule has 1 aromatic heterocycles. The lowest BCUT2D eigenvalue weighted by molar-refractivity contribution is -0.123. The van der Waals surface area contributed by atoms with Gasteiger partial charge in [-0.15, -0.1) is 0 Å². The van der Waals surface area contributed by atoms with Crippen LogP contribution in [-0.4, -0.2) is 48.8 Å². The van der Waals surface area contributed by atoms with E-state index in [0.717, 1.165) is 44.1 Å². The summed E-state index contributed by atoms with van der Waals surface area (Å²) < 4.78 is 11.1. The first-order chi connectivity index (χ1) is 10.6. The van der Waals surface area contributed by atoms with E-state index in [1.165, 1.54) is 5.56 Å². The molecule has 0 radical (unpaired) electrons. The van der Waals surface area contributed by atoms with Gasteiger partial charge in [0.1, 0.15) is 5.76 Å². The maximum absolute atomic E-state index is 11.6. The number of rotatable bonds is 4. The molecule has 1 amide bonds. The Kier molecular flexibility index (Phi) is 4.49. The summed E-state index contributed by atoms with van der Waals surface area (Å²) >= 11 is 0. The molecule has 2 fully saturated rings. The molecule has 3 rings (SSSR count). The van der Waals surface area contributed by atoms with Crippen LogP contribution in [0, 0.1) is 25.7 Å². The zero-order chi connectivity index (χ0) is 15.7. The minimum atomic E-state index is 0.0730. The molecule has 0 saturated carbocycles. The van der Waals surface area contributed by atoms with Gasteiger partial charge >= 0.3 is 0 Å². The molecule has 0 unspecified atom stereocenters. The summed E-state index contributed by atoms with van der Waals surface area (Å²) in [5, 5.41) is 6.72. The quantitative estimate of drug-likeness (QED) is 0.907. The van der Waals surface area contributed by atoms with E-state index in [1.807, 2.05) is 13.8 Å². The molecule has 1 aromatic rings. The van der Waals surface area contributed by atoms with Crippen LogP contribution in [0.5, 0.6) is 0 Å². The molecule has 0 spiro atoms. The number of likely N-dealkylation sites (tertiary alicyclic amines) is 1. The Bertz CT molecular complexity index is 523. The van der Waals surface area contributed by atoms with Crippen molar-refractivity contribution in [2.45, 2.75) is 39.3 Å². The van der Waals surface area contributed by atoms with Crippen LogP contribution in [0.3, 0.4) is 0 Å². The summed E-state index contributed by atoms with van der Waals surface area (Å²) in [5.41, 5.74) is 2.19. The van der Waals surface area contributed by atoms with Crippen molar-refractivity contribution in [3.63, 3.8) is 0 Å². The van der Waals surface area contributed by atoms with Crippen molar-refractivity contribution in [2.75, 3.05) is 26.7 Å². The fourth-order valence-corrected chi connectivity index (χ4v) is 3.75. The fourth-order valence-electron chi connectivity index (χ4n) is 3.75. The van der Waals surface area contributed by atoms with Crippen molar-refractivity contribution in [2.24, 2.45) is 11.8 Å². The number of nitrogens with one attached hydrogen (secondary N) is 1. The molecule has 3 heterocycles. The molecule has 6 nitrogen and oxygen atoms in total. The SMILES string of the molecule is CNC(=O)C[C@@H]1OC[C@H]2CN(Cc3c(C)noc3C)CC[C@H]21. The van der Waals surface area contributed by atoms with Gasteiger partial charge in [-0.1, -0.05) is 5.16 Å². The first kappa shape index (κ1) is 15.5. The number of aryl methyl sites for hydroxylation is 2. The number of nitrogens with zero attached hydrogens (tertiary/aromatic N) is 2. The van der Waals surface area contributed by atoms with Crippen molar-refractivity contribution in [3.05, 3.63) is 17.0 Å². The number of amides is 1. The van der Waals surface area contributed by atoms with Gasteiger partial charge in [-0.25, -0.2) is 0 Å². The predicted octanol–water partition coefficient (Wildman–Crippen LogP) is 1.26. The molecule has 2 aliphatic heterocycles. The predicted molar refractivity (Wildman–Crippen MR) is 81.3 cm³/mol. The van der Waals surface area contributed by atoms with Gasteiger partial charge in [0, 0.05) is 31.6 Å². The zero-order valence-corrected chi connectivity index (χ0v) is 13.6. The van der Waals surface area contributed by atoms with Gasteiger partial charge in [-0.3, -0.25) is 9.69 Å². The second-order valence-corrected chi connectivity index (χ2v) is 6.50. The second kappa shape index (κ2) is 6.38. The van der Waals surface area contributed by atoms with E-state index in [1.54, 1.807) is 7.05 Å². The summed E-state index contributed by atoms with van der Waals surface area (Å²) in [6.07, 6.45) is 1.67. The summed E-state index contributed by atoms with van der Waals surface area (Å²) in [6, 6.07) is 0. The monoisotopic (exact) mass is 307 g/mol.